The average Bonchev–Trinajstić information content (AvgIpc) is 3.66. The Hall–Kier alpha value is -5.07. The maximum absolute atomic E-state index is 6.99. The van der Waals surface area contributed by atoms with Crippen LogP contribution in [0.1, 0.15) is 18.7 Å². The van der Waals surface area contributed by atoms with Gasteiger partial charge in [-0.1, -0.05) is 85.5 Å². The molecular formula is C36H31N5S. The van der Waals surface area contributed by atoms with Gasteiger partial charge < -0.3 is 16.4 Å². The number of aliphatic imine (C=N–C) groups is 1. The van der Waals surface area contributed by atoms with Crippen molar-refractivity contribution in [1.82, 2.24) is 4.57 Å². The lowest BCUT2D eigenvalue weighted by Gasteiger charge is -2.31. The van der Waals surface area contributed by atoms with Gasteiger partial charge in [-0.2, -0.15) is 0 Å². The van der Waals surface area contributed by atoms with Gasteiger partial charge in [0, 0.05) is 32.4 Å². The third-order valence-corrected chi connectivity index (χ3v) is 9.20. The molecule has 0 spiro atoms. The topological polar surface area (TPSA) is 72.6 Å². The van der Waals surface area contributed by atoms with Gasteiger partial charge in [-0.05, 0) is 55.0 Å². The van der Waals surface area contributed by atoms with Crippen molar-refractivity contribution in [1.29, 1.82) is 0 Å². The van der Waals surface area contributed by atoms with Gasteiger partial charge in [-0.3, -0.25) is 9.56 Å². The first-order chi connectivity index (χ1) is 20.6. The van der Waals surface area contributed by atoms with Gasteiger partial charge in [-0.25, -0.2) is 0 Å². The van der Waals surface area contributed by atoms with Crippen LogP contribution in [0.4, 0.5) is 17.2 Å². The molecule has 4 aromatic carbocycles. The Morgan fingerprint density at radius 3 is 2.19 bits per heavy atom. The quantitative estimate of drug-likeness (QED) is 0.198. The van der Waals surface area contributed by atoms with Crippen molar-refractivity contribution >= 4 is 55.2 Å². The Morgan fingerprint density at radius 1 is 0.810 bits per heavy atom. The Bertz CT molecular complexity index is 2000. The lowest BCUT2D eigenvalue weighted by molar-refractivity contribution is 0.696. The summed E-state index contributed by atoms with van der Waals surface area (Å²) in [6.07, 6.45) is 5.97. The molecule has 0 saturated carbocycles. The molecule has 1 aliphatic heterocycles. The normalized spacial score (nSPS) is 17.0. The minimum absolute atomic E-state index is 0.0106. The maximum atomic E-state index is 6.99. The Kier molecular flexibility index (Phi) is 6.40. The van der Waals surface area contributed by atoms with Gasteiger partial charge >= 0.3 is 0 Å². The third kappa shape index (κ3) is 4.03. The highest BCUT2D eigenvalue weighted by molar-refractivity contribution is 7.23. The summed E-state index contributed by atoms with van der Waals surface area (Å²) in [6, 6.07) is 35.6. The van der Waals surface area contributed by atoms with Gasteiger partial charge in [-0.15, -0.1) is 11.3 Å². The number of benzene rings is 4. The van der Waals surface area contributed by atoms with Crippen molar-refractivity contribution < 1.29 is 0 Å². The van der Waals surface area contributed by atoms with Crippen LogP contribution in [0.25, 0.3) is 37.1 Å². The smallest absolute Gasteiger partial charge is 0.148 e. The molecule has 0 fully saturated rings. The van der Waals surface area contributed by atoms with E-state index >= 15 is 0 Å². The molecule has 2 unspecified atom stereocenters. The molecular weight excluding hydrogens is 534 g/mol. The van der Waals surface area contributed by atoms with Crippen LogP contribution in [-0.2, 0) is 0 Å². The number of thiophene rings is 1. The number of para-hydroxylation sites is 1. The van der Waals surface area contributed by atoms with Crippen molar-refractivity contribution in [2.24, 2.45) is 4.99 Å². The number of rotatable bonds is 6. The van der Waals surface area contributed by atoms with E-state index in [4.69, 9.17) is 16.5 Å². The third-order valence-electron chi connectivity index (χ3n) is 8.00. The van der Waals surface area contributed by atoms with Gasteiger partial charge in [0.05, 0.1) is 27.8 Å². The zero-order valence-electron chi connectivity index (χ0n) is 23.3. The van der Waals surface area contributed by atoms with Crippen LogP contribution >= 0.6 is 11.3 Å². The zero-order chi connectivity index (χ0) is 28.8. The largest absolute Gasteiger partial charge is 0.397 e. The van der Waals surface area contributed by atoms with E-state index in [1.54, 1.807) is 11.3 Å². The molecule has 0 saturated heterocycles. The molecule has 42 heavy (non-hydrogen) atoms. The fourth-order valence-corrected chi connectivity index (χ4v) is 7.28. The van der Waals surface area contributed by atoms with Gasteiger partial charge in [0.2, 0.25) is 0 Å². The highest BCUT2D eigenvalue weighted by Gasteiger charge is 2.34. The Labute approximate surface area is 249 Å². The lowest BCUT2D eigenvalue weighted by atomic mass is 10.1. The Morgan fingerprint density at radius 2 is 1.48 bits per heavy atom. The number of aromatic nitrogens is 1. The van der Waals surface area contributed by atoms with Crippen LogP contribution in [0.2, 0.25) is 0 Å². The zero-order valence-corrected chi connectivity index (χ0v) is 24.1. The van der Waals surface area contributed by atoms with Crippen LogP contribution in [0, 0.1) is 0 Å². The van der Waals surface area contributed by atoms with Crippen LogP contribution in [0.5, 0.6) is 0 Å². The molecule has 3 heterocycles. The predicted molar refractivity (Wildman–Crippen MR) is 181 cm³/mol. The number of nitrogens with zero attached hydrogens (tertiary/aromatic N) is 3. The van der Waals surface area contributed by atoms with Crippen molar-refractivity contribution in [2.75, 3.05) is 16.4 Å². The van der Waals surface area contributed by atoms with Crippen LogP contribution in [0.3, 0.4) is 0 Å². The minimum Gasteiger partial charge on any atom is -0.397 e. The number of nitrogens with two attached hydrogens (primary N) is 2. The second kappa shape index (κ2) is 10.4. The Balaban J connectivity index is 1.34. The average molecular weight is 566 g/mol. The van der Waals surface area contributed by atoms with Gasteiger partial charge in [0.15, 0.2) is 0 Å². The van der Waals surface area contributed by atoms with E-state index in [1.165, 1.54) is 0 Å². The molecule has 0 bridgehead atoms. The first-order valence-corrected chi connectivity index (χ1v) is 14.8. The summed E-state index contributed by atoms with van der Waals surface area (Å²) < 4.78 is 3.28. The number of hydrogen-bond donors (Lipinski definition) is 2. The first-order valence-electron chi connectivity index (χ1n) is 14.0. The maximum Gasteiger partial charge on any atom is 0.148 e. The van der Waals surface area contributed by atoms with Crippen molar-refractivity contribution in [3.8, 4) is 16.1 Å². The van der Waals surface area contributed by atoms with Crippen LogP contribution in [-0.4, -0.2) is 16.3 Å². The van der Waals surface area contributed by atoms with Crippen LogP contribution in [0.15, 0.2) is 133 Å². The molecule has 2 aromatic heterocycles. The molecule has 5 nitrogen and oxygen atoms in total. The molecule has 1 aliphatic rings. The number of anilines is 3. The van der Waals surface area contributed by atoms with E-state index < -0.39 is 0 Å². The molecule has 7 rings (SSSR count). The van der Waals surface area contributed by atoms with E-state index in [9.17, 15) is 0 Å². The van der Waals surface area contributed by atoms with E-state index in [0.717, 1.165) is 59.8 Å². The molecule has 0 amide bonds. The summed E-state index contributed by atoms with van der Waals surface area (Å²) in [5, 5.41) is 2.15. The summed E-state index contributed by atoms with van der Waals surface area (Å²) >= 11 is 1.69. The van der Waals surface area contributed by atoms with Gasteiger partial charge in [0.1, 0.15) is 12.0 Å². The number of allylic oxidation sites excluding steroid dienone is 1. The summed E-state index contributed by atoms with van der Waals surface area (Å²) in [6.45, 7) is 6.09. The van der Waals surface area contributed by atoms with Gasteiger partial charge in [0.25, 0.3) is 0 Å². The molecule has 206 valence electrons. The second-order valence-electron chi connectivity index (χ2n) is 10.4. The summed E-state index contributed by atoms with van der Waals surface area (Å²) in [7, 11) is 0. The minimum atomic E-state index is -0.147. The molecule has 0 aliphatic carbocycles. The number of nitrogen functional groups attached to an aromatic ring is 2. The fraction of sp³-hybridized carbons (Fsp3) is 0.0833. The summed E-state index contributed by atoms with van der Waals surface area (Å²) in [4.78, 5) is 8.42. The van der Waals surface area contributed by atoms with E-state index in [-0.39, 0.29) is 12.2 Å². The van der Waals surface area contributed by atoms with E-state index in [2.05, 4.69) is 113 Å². The molecule has 0 radical (unpaired) electrons. The van der Waals surface area contributed by atoms with E-state index in [1.807, 2.05) is 31.2 Å². The summed E-state index contributed by atoms with van der Waals surface area (Å²) in [5.41, 5.74) is 20.6. The first kappa shape index (κ1) is 25.9. The highest BCUT2D eigenvalue weighted by Crippen LogP contribution is 2.48. The molecule has 2 atom stereocenters. The van der Waals surface area contributed by atoms with Crippen LogP contribution < -0.4 is 16.4 Å². The molecule has 4 N–H and O–H groups in total. The molecule has 6 heteroatoms. The lowest BCUT2D eigenvalue weighted by Crippen LogP contribution is -2.35. The highest BCUT2D eigenvalue weighted by atomic mass is 32.1. The fourth-order valence-electron chi connectivity index (χ4n) is 6.08. The SMILES string of the molecule is C=CC1=NC(c2ccccc2)N(c2ccc(-n3c(N)c(-c4sc5ccccc5c4N)c4ccccc43)cc2)C1/C=C\C. The van der Waals surface area contributed by atoms with Crippen molar-refractivity contribution in [2.45, 2.75) is 19.1 Å². The monoisotopic (exact) mass is 565 g/mol. The van der Waals surface area contributed by atoms with E-state index in [0.29, 0.717) is 5.82 Å². The molecule has 6 aromatic rings. The van der Waals surface area contributed by atoms with Crippen molar-refractivity contribution in [3.05, 3.63) is 133 Å². The second-order valence-corrected chi connectivity index (χ2v) is 11.4. The number of fused-ring (bicyclic) bond motifs is 2. The van der Waals surface area contributed by atoms with Crippen molar-refractivity contribution in [3.63, 3.8) is 0 Å². The summed E-state index contributed by atoms with van der Waals surface area (Å²) in [5.74, 6) is 0.676. The standard InChI is InChI=1S/C36H31N5S/c1-3-12-30-28(4-2)39-36(23-13-6-5-7-14-23)41(30)25-21-19-24(20-22-25)40-29-17-10-8-15-26(29)32(35(40)38)34-33(37)27-16-9-11-18-31(27)42-34/h3-22,30,36H,2,37-38H2,1H3/b12-3-. The number of hydrogen-bond acceptors (Lipinski definition) is 5. The predicted octanol–water partition coefficient (Wildman–Crippen LogP) is 8.77.